The van der Waals surface area contributed by atoms with Gasteiger partial charge in [0.05, 0.1) is 28.1 Å². The van der Waals surface area contributed by atoms with Gasteiger partial charge in [0.1, 0.15) is 11.5 Å². The Morgan fingerprint density at radius 2 is 2.28 bits per heavy atom. The van der Waals surface area contributed by atoms with E-state index in [-0.39, 0.29) is 5.82 Å². The van der Waals surface area contributed by atoms with Gasteiger partial charge in [0, 0.05) is 0 Å². The van der Waals surface area contributed by atoms with Gasteiger partial charge in [-0.05, 0) is 53.2 Å². The highest BCUT2D eigenvalue weighted by Gasteiger charge is 2.44. The summed E-state index contributed by atoms with van der Waals surface area (Å²) in [4.78, 5) is 4.11. The van der Waals surface area contributed by atoms with Crippen LogP contribution in [0.15, 0.2) is 22.8 Å². The maximum Gasteiger partial charge on any atom is 0.141 e. The second-order valence-corrected chi connectivity index (χ2v) is 5.81. The van der Waals surface area contributed by atoms with Crippen LogP contribution in [0.4, 0.5) is 4.39 Å². The Hall–Kier alpha value is -1.23. The standard InChI is InChI=1S/C13H11BrFN3/c14-12-10-4-1-7-5-11(7)18(10)17-13(12)9-3-2-8(15)6-16-9/h2-3,6-7,11H,1,4-5H2/t7-,11+/m0/s1. The Balaban J connectivity index is 1.84. The predicted octanol–water partition coefficient (Wildman–Crippen LogP) is 3.35. The molecule has 0 amide bonds. The summed E-state index contributed by atoms with van der Waals surface area (Å²) in [5.41, 5.74) is 2.81. The molecule has 2 aromatic rings. The first-order chi connectivity index (χ1) is 8.74. The molecular formula is C13H11BrFN3. The fourth-order valence-electron chi connectivity index (χ4n) is 2.79. The Kier molecular flexibility index (Phi) is 2.15. The second kappa shape index (κ2) is 3.63. The van der Waals surface area contributed by atoms with Crippen LogP contribution < -0.4 is 0 Å². The Morgan fingerprint density at radius 1 is 1.39 bits per heavy atom. The van der Waals surface area contributed by atoms with Gasteiger partial charge in [-0.25, -0.2) is 4.39 Å². The topological polar surface area (TPSA) is 30.7 Å². The molecule has 1 fully saturated rings. The SMILES string of the molecule is Fc1ccc(-c2nn3c(c2Br)CC[C@H]2C[C@H]23)nc1. The molecule has 0 aromatic carbocycles. The lowest BCUT2D eigenvalue weighted by Gasteiger charge is -2.12. The van der Waals surface area contributed by atoms with Crippen molar-refractivity contribution in [1.82, 2.24) is 14.8 Å². The van der Waals surface area contributed by atoms with E-state index in [1.54, 1.807) is 6.07 Å². The van der Waals surface area contributed by atoms with E-state index in [9.17, 15) is 4.39 Å². The van der Waals surface area contributed by atoms with E-state index < -0.39 is 0 Å². The zero-order valence-electron chi connectivity index (χ0n) is 9.61. The monoisotopic (exact) mass is 307 g/mol. The van der Waals surface area contributed by atoms with Crippen molar-refractivity contribution in [3.63, 3.8) is 0 Å². The largest absolute Gasteiger partial charge is 0.264 e. The molecule has 2 aromatic heterocycles. The zero-order valence-corrected chi connectivity index (χ0v) is 11.2. The normalized spacial score (nSPS) is 24.6. The summed E-state index contributed by atoms with van der Waals surface area (Å²) < 4.78 is 16.1. The van der Waals surface area contributed by atoms with Crippen LogP contribution in [0.25, 0.3) is 11.4 Å². The first-order valence-electron chi connectivity index (χ1n) is 6.13. The number of fused-ring (bicyclic) bond motifs is 3. The molecule has 0 unspecified atom stereocenters. The molecule has 3 heterocycles. The maximum absolute atomic E-state index is 12.9. The van der Waals surface area contributed by atoms with Gasteiger partial charge >= 0.3 is 0 Å². The molecule has 0 bridgehead atoms. The average Bonchev–Trinajstić information content (AvgIpc) is 3.10. The van der Waals surface area contributed by atoms with Gasteiger partial charge in [-0.2, -0.15) is 5.10 Å². The molecule has 3 nitrogen and oxygen atoms in total. The van der Waals surface area contributed by atoms with E-state index in [0.29, 0.717) is 6.04 Å². The van der Waals surface area contributed by atoms with Crippen LogP contribution in [-0.4, -0.2) is 14.8 Å². The van der Waals surface area contributed by atoms with E-state index >= 15 is 0 Å². The highest BCUT2D eigenvalue weighted by molar-refractivity contribution is 9.10. The van der Waals surface area contributed by atoms with Crippen molar-refractivity contribution in [1.29, 1.82) is 0 Å². The summed E-state index contributed by atoms with van der Waals surface area (Å²) in [6.07, 6.45) is 4.80. The molecule has 5 heteroatoms. The fraction of sp³-hybridized carbons (Fsp3) is 0.385. The smallest absolute Gasteiger partial charge is 0.141 e. The minimum Gasteiger partial charge on any atom is -0.264 e. The summed E-state index contributed by atoms with van der Waals surface area (Å²) in [6.45, 7) is 0. The number of aromatic nitrogens is 3. The summed E-state index contributed by atoms with van der Waals surface area (Å²) in [6, 6.07) is 3.69. The number of hydrogen-bond donors (Lipinski definition) is 0. The number of hydrogen-bond acceptors (Lipinski definition) is 2. The number of halogens is 2. The van der Waals surface area contributed by atoms with Gasteiger partial charge in [0.15, 0.2) is 0 Å². The average molecular weight is 308 g/mol. The maximum atomic E-state index is 12.9. The summed E-state index contributed by atoms with van der Waals surface area (Å²) in [5.74, 6) is 0.499. The molecule has 0 N–H and O–H groups in total. The summed E-state index contributed by atoms with van der Waals surface area (Å²) in [7, 11) is 0. The van der Waals surface area contributed by atoms with Crippen LogP contribution in [0.1, 0.15) is 24.6 Å². The molecular weight excluding hydrogens is 297 g/mol. The molecule has 1 saturated carbocycles. The third-order valence-corrected chi connectivity index (χ3v) is 4.70. The van der Waals surface area contributed by atoms with Gasteiger partial charge < -0.3 is 0 Å². The van der Waals surface area contributed by atoms with Crippen molar-refractivity contribution in [3.05, 3.63) is 34.3 Å². The zero-order chi connectivity index (χ0) is 12.3. The van der Waals surface area contributed by atoms with E-state index in [4.69, 9.17) is 0 Å². The van der Waals surface area contributed by atoms with Crippen molar-refractivity contribution in [2.75, 3.05) is 0 Å². The minimum atomic E-state index is -0.318. The first kappa shape index (κ1) is 10.7. The Bertz CT molecular complexity index is 620. The third-order valence-electron chi connectivity index (χ3n) is 3.87. The highest BCUT2D eigenvalue weighted by Crippen LogP contribution is 2.51. The van der Waals surface area contributed by atoms with Crippen molar-refractivity contribution in [3.8, 4) is 11.4 Å². The predicted molar refractivity (Wildman–Crippen MR) is 68.6 cm³/mol. The quantitative estimate of drug-likeness (QED) is 0.809. The molecule has 0 spiro atoms. The van der Waals surface area contributed by atoms with Crippen LogP contribution in [0.5, 0.6) is 0 Å². The van der Waals surface area contributed by atoms with Crippen molar-refractivity contribution in [2.24, 2.45) is 5.92 Å². The molecule has 92 valence electrons. The van der Waals surface area contributed by atoms with Gasteiger partial charge in [-0.1, -0.05) is 0 Å². The number of rotatable bonds is 1. The molecule has 0 saturated heterocycles. The van der Waals surface area contributed by atoms with E-state index in [1.807, 2.05) is 0 Å². The molecule has 1 aliphatic heterocycles. The Morgan fingerprint density at radius 3 is 3.06 bits per heavy atom. The van der Waals surface area contributed by atoms with Crippen LogP contribution in [0, 0.1) is 11.7 Å². The van der Waals surface area contributed by atoms with Gasteiger partial charge in [-0.3, -0.25) is 9.67 Å². The van der Waals surface area contributed by atoms with Crippen molar-refractivity contribution >= 4 is 15.9 Å². The van der Waals surface area contributed by atoms with Gasteiger partial charge in [0.2, 0.25) is 0 Å². The lowest BCUT2D eigenvalue weighted by Crippen LogP contribution is -2.09. The van der Waals surface area contributed by atoms with Gasteiger partial charge in [-0.15, -0.1) is 0 Å². The second-order valence-electron chi connectivity index (χ2n) is 5.02. The molecule has 2 atom stereocenters. The van der Waals surface area contributed by atoms with Crippen molar-refractivity contribution in [2.45, 2.75) is 25.3 Å². The number of pyridine rings is 1. The van der Waals surface area contributed by atoms with Crippen LogP contribution in [0.2, 0.25) is 0 Å². The minimum absolute atomic E-state index is 0.318. The van der Waals surface area contributed by atoms with E-state index in [1.165, 1.54) is 30.8 Å². The number of nitrogens with zero attached hydrogens (tertiary/aromatic N) is 3. The van der Waals surface area contributed by atoms with Crippen LogP contribution in [0.3, 0.4) is 0 Å². The third kappa shape index (κ3) is 1.46. The molecule has 4 rings (SSSR count). The molecule has 18 heavy (non-hydrogen) atoms. The summed E-state index contributed by atoms with van der Waals surface area (Å²) in [5, 5.41) is 4.66. The lowest BCUT2D eigenvalue weighted by atomic mass is 10.1. The van der Waals surface area contributed by atoms with Crippen LogP contribution in [-0.2, 0) is 6.42 Å². The molecule has 1 aliphatic carbocycles. The van der Waals surface area contributed by atoms with Crippen molar-refractivity contribution < 1.29 is 4.39 Å². The summed E-state index contributed by atoms with van der Waals surface area (Å²) >= 11 is 3.62. The molecule has 2 aliphatic rings. The van der Waals surface area contributed by atoms with Gasteiger partial charge in [0.25, 0.3) is 0 Å². The molecule has 0 radical (unpaired) electrons. The highest BCUT2D eigenvalue weighted by atomic mass is 79.9. The van der Waals surface area contributed by atoms with Crippen LogP contribution >= 0.6 is 15.9 Å². The first-order valence-corrected chi connectivity index (χ1v) is 6.92. The Labute approximate surface area is 112 Å². The lowest BCUT2D eigenvalue weighted by molar-refractivity contribution is 0.492. The van der Waals surface area contributed by atoms with E-state index in [0.717, 1.165) is 28.2 Å². The fourth-order valence-corrected chi connectivity index (χ4v) is 3.45. The van der Waals surface area contributed by atoms with E-state index in [2.05, 4.69) is 30.7 Å².